The fourth-order valence-electron chi connectivity index (χ4n) is 2.40. The third kappa shape index (κ3) is 4.41. The monoisotopic (exact) mass is 291 g/mol. The summed E-state index contributed by atoms with van der Waals surface area (Å²) in [4.78, 5) is 0. The van der Waals surface area contributed by atoms with Crippen LogP contribution in [0.4, 0.5) is 0 Å². The molecule has 0 aromatic carbocycles. The summed E-state index contributed by atoms with van der Waals surface area (Å²) in [6, 6.07) is 0. The van der Waals surface area contributed by atoms with Crippen molar-refractivity contribution in [3.05, 3.63) is 0 Å². The molecule has 19 heavy (non-hydrogen) atoms. The standard InChI is InChI=1S/C13H29N3O2S/c1-5-13(2)7-11-16(12-8-13)19(17,18)15(4)10-6-9-14-3/h14H,5-12H2,1-4H3. The first-order valence-electron chi connectivity index (χ1n) is 7.22. The van der Waals surface area contributed by atoms with Gasteiger partial charge in [-0.25, -0.2) is 0 Å². The maximum absolute atomic E-state index is 12.4. The summed E-state index contributed by atoms with van der Waals surface area (Å²) in [5.74, 6) is 0. The van der Waals surface area contributed by atoms with Gasteiger partial charge in [0.05, 0.1) is 0 Å². The molecular formula is C13H29N3O2S. The Morgan fingerprint density at radius 2 is 1.89 bits per heavy atom. The Morgan fingerprint density at radius 1 is 1.32 bits per heavy atom. The third-order valence-electron chi connectivity index (χ3n) is 4.40. The maximum Gasteiger partial charge on any atom is 0.281 e. The van der Waals surface area contributed by atoms with Gasteiger partial charge in [-0.2, -0.15) is 17.0 Å². The van der Waals surface area contributed by atoms with Crippen molar-refractivity contribution in [2.45, 2.75) is 39.5 Å². The Morgan fingerprint density at radius 3 is 2.37 bits per heavy atom. The van der Waals surface area contributed by atoms with Gasteiger partial charge in [0, 0.05) is 26.7 Å². The largest absolute Gasteiger partial charge is 0.320 e. The molecule has 1 aliphatic rings. The Balaban J connectivity index is 2.54. The third-order valence-corrected chi connectivity index (χ3v) is 6.39. The molecule has 0 radical (unpaired) electrons. The topological polar surface area (TPSA) is 52.7 Å². The molecule has 1 saturated heterocycles. The number of nitrogens with zero attached hydrogens (tertiary/aromatic N) is 2. The highest BCUT2D eigenvalue weighted by Crippen LogP contribution is 2.35. The lowest BCUT2D eigenvalue weighted by Gasteiger charge is -2.39. The molecule has 0 amide bonds. The highest BCUT2D eigenvalue weighted by atomic mass is 32.2. The predicted molar refractivity (Wildman–Crippen MR) is 79.3 cm³/mol. The molecule has 0 spiro atoms. The number of piperidine rings is 1. The van der Waals surface area contributed by atoms with Crippen LogP contribution in [-0.4, -0.2) is 57.3 Å². The minimum absolute atomic E-state index is 0.316. The van der Waals surface area contributed by atoms with Crippen molar-refractivity contribution in [1.82, 2.24) is 13.9 Å². The van der Waals surface area contributed by atoms with Crippen LogP contribution in [0.1, 0.15) is 39.5 Å². The Kier molecular flexibility index (Phi) is 6.23. The van der Waals surface area contributed by atoms with E-state index in [2.05, 4.69) is 19.2 Å². The fourth-order valence-corrected chi connectivity index (χ4v) is 3.80. The SMILES string of the molecule is CCC1(C)CCN(S(=O)(=O)N(C)CCCNC)CC1. The quantitative estimate of drug-likeness (QED) is 0.719. The van der Waals surface area contributed by atoms with Crippen molar-refractivity contribution >= 4 is 10.2 Å². The Labute approximate surface area is 118 Å². The molecule has 0 aliphatic carbocycles. The molecule has 0 aromatic heterocycles. The molecule has 0 aromatic rings. The predicted octanol–water partition coefficient (Wildman–Crippen LogP) is 1.28. The van der Waals surface area contributed by atoms with Crippen molar-refractivity contribution < 1.29 is 8.42 Å². The van der Waals surface area contributed by atoms with Gasteiger partial charge in [0.2, 0.25) is 0 Å². The highest BCUT2D eigenvalue weighted by Gasteiger charge is 2.35. The number of nitrogens with one attached hydrogen (secondary N) is 1. The lowest BCUT2D eigenvalue weighted by atomic mass is 9.79. The van der Waals surface area contributed by atoms with E-state index >= 15 is 0 Å². The van der Waals surface area contributed by atoms with E-state index in [1.54, 1.807) is 11.4 Å². The van der Waals surface area contributed by atoms with Crippen LogP contribution in [0, 0.1) is 5.41 Å². The van der Waals surface area contributed by atoms with Crippen LogP contribution in [-0.2, 0) is 10.2 Å². The molecule has 114 valence electrons. The van der Waals surface area contributed by atoms with E-state index in [9.17, 15) is 8.42 Å². The van der Waals surface area contributed by atoms with Crippen LogP contribution < -0.4 is 5.32 Å². The van der Waals surface area contributed by atoms with E-state index in [0.29, 0.717) is 25.0 Å². The first-order chi connectivity index (χ1) is 8.85. The van der Waals surface area contributed by atoms with Gasteiger partial charge in [-0.15, -0.1) is 0 Å². The molecule has 1 fully saturated rings. The summed E-state index contributed by atoms with van der Waals surface area (Å²) in [6.07, 6.45) is 3.89. The van der Waals surface area contributed by atoms with Gasteiger partial charge in [0.25, 0.3) is 10.2 Å². The second-order valence-electron chi connectivity index (χ2n) is 5.85. The van der Waals surface area contributed by atoms with Crippen molar-refractivity contribution in [3.8, 4) is 0 Å². The van der Waals surface area contributed by atoms with Gasteiger partial charge in [0.15, 0.2) is 0 Å². The highest BCUT2D eigenvalue weighted by molar-refractivity contribution is 7.86. The molecule has 0 saturated carbocycles. The lowest BCUT2D eigenvalue weighted by molar-refractivity contribution is 0.163. The van der Waals surface area contributed by atoms with Crippen LogP contribution in [0.5, 0.6) is 0 Å². The molecule has 1 N–H and O–H groups in total. The van der Waals surface area contributed by atoms with E-state index in [-0.39, 0.29) is 0 Å². The van der Waals surface area contributed by atoms with Crippen molar-refractivity contribution in [2.24, 2.45) is 5.41 Å². The molecule has 1 rings (SSSR count). The average molecular weight is 291 g/mol. The van der Waals surface area contributed by atoms with Crippen molar-refractivity contribution in [3.63, 3.8) is 0 Å². The normalized spacial score (nSPS) is 20.9. The molecule has 6 heteroatoms. The van der Waals surface area contributed by atoms with Gasteiger partial charge < -0.3 is 5.32 Å². The van der Waals surface area contributed by atoms with E-state index in [0.717, 1.165) is 32.2 Å². The summed E-state index contributed by atoms with van der Waals surface area (Å²) in [6.45, 7) is 7.17. The van der Waals surface area contributed by atoms with Gasteiger partial charge in [-0.05, 0) is 38.3 Å². The van der Waals surface area contributed by atoms with E-state index in [1.165, 1.54) is 4.31 Å². The average Bonchev–Trinajstić information content (AvgIpc) is 2.39. The van der Waals surface area contributed by atoms with Crippen LogP contribution in [0.15, 0.2) is 0 Å². The molecule has 0 bridgehead atoms. The number of rotatable bonds is 7. The first-order valence-corrected chi connectivity index (χ1v) is 8.61. The van der Waals surface area contributed by atoms with Crippen LogP contribution >= 0.6 is 0 Å². The van der Waals surface area contributed by atoms with E-state index in [4.69, 9.17) is 0 Å². The fraction of sp³-hybridized carbons (Fsp3) is 1.00. The Bertz CT molecular complexity index is 362. The lowest BCUT2D eigenvalue weighted by Crippen LogP contribution is -2.48. The molecule has 1 aliphatic heterocycles. The second-order valence-corrected chi connectivity index (χ2v) is 7.89. The Hall–Kier alpha value is -0.170. The summed E-state index contributed by atoms with van der Waals surface area (Å²) >= 11 is 0. The summed E-state index contributed by atoms with van der Waals surface area (Å²) in [5, 5.41) is 3.04. The smallest absolute Gasteiger partial charge is 0.281 e. The van der Waals surface area contributed by atoms with Crippen molar-refractivity contribution in [2.75, 3.05) is 40.3 Å². The van der Waals surface area contributed by atoms with Gasteiger partial charge in [0.1, 0.15) is 0 Å². The maximum atomic E-state index is 12.4. The molecule has 0 atom stereocenters. The summed E-state index contributed by atoms with van der Waals surface area (Å²) in [7, 11) is 0.297. The number of hydrogen-bond acceptors (Lipinski definition) is 3. The molecule has 1 heterocycles. The first kappa shape index (κ1) is 16.9. The van der Waals surface area contributed by atoms with Crippen molar-refractivity contribution in [1.29, 1.82) is 0 Å². The minimum Gasteiger partial charge on any atom is -0.320 e. The van der Waals surface area contributed by atoms with Gasteiger partial charge >= 0.3 is 0 Å². The summed E-state index contributed by atoms with van der Waals surface area (Å²) < 4.78 is 27.9. The zero-order chi connectivity index (χ0) is 14.5. The minimum atomic E-state index is -3.26. The van der Waals surface area contributed by atoms with E-state index < -0.39 is 10.2 Å². The van der Waals surface area contributed by atoms with Gasteiger partial charge in [-0.3, -0.25) is 0 Å². The zero-order valence-corrected chi connectivity index (χ0v) is 13.6. The second kappa shape index (κ2) is 7.02. The summed E-state index contributed by atoms with van der Waals surface area (Å²) in [5.41, 5.74) is 0.316. The zero-order valence-electron chi connectivity index (χ0n) is 12.8. The molecule has 0 unspecified atom stereocenters. The molecule has 5 nitrogen and oxygen atoms in total. The molecular weight excluding hydrogens is 262 g/mol. The number of hydrogen-bond donors (Lipinski definition) is 1. The van der Waals surface area contributed by atoms with Crippen LogP contribution in [0.25, 0.3) is 0 Å². The van der Waals surface area contributed by atoms with Crippen LogP contribution in [0.2, 0.25) is 0 Å². The van der Waals surface area contributed by atoms with E-state index in [1.807, 2.05) is 7.05 Å². The van der Waals surface area contributed by atoms with Crippen LogP contribution in [0.3, 0.4) is 0 Å². The van der Waals surface area contributed by atoms with Gasteiger partial charge in [-0.1, -0.05) is 20.3 Å².